The maximum absolute atomic E-state index is 12.8. The van der Waals surface area contributed by atoms with E-state index in [9.17, 15) is 14.4 Å². The van der Waals surface area contributed by atoms with E-state index in [0.29, 0.717) is 10.6 Å². The first-order valence-electron chi connectivity index (χ1n) is 9.63. The summed E-state index contributed by atoms with van der Waals surface area (Å²) in [5, 5.41) is 7.23. The Hall–Kier alpha value is -3.26. The van der Waals surface area contributed by atoms with Crippen LogP contribution in [-0.2, 0) is 11.2 Å². The minimum atomic E-state index is -0.675. The molecule has 3 rings (SSSR count). The Morgan fingerprint density at radius 2 is 1.83 bits per heavy atom. The number of carbonyl (C=O) groups is 2. The monoisotopic (exact) mass is 425 g/mol. The summed E-state index contributed by atoms with van der Waals surface area (Å²) in [6.45, 7) is 7.65. The molecule has 7 nitrogen and oxygen atoms in total. The summed E-state index contributed by atoms with van der Waals surface area (Å²) in [6, 6.07) is 8.99. The van der Waals surface area contributed by atoms with Crippen molar-refractivity contribution in [3.63, 3.8) is 0 Å². The zero-order chi connectivity index (χ0) is 21.8. The Kier molecular flexibility index (Phi) is 6.47. The van der Waals surface area contributed by atoms with Crippen LogP contribution in [0.3, 0.4) is 0 Å². The third-order valence-electron chi connectivity index (χ3n) is 4.72. The summed E-state index contributed by atoms with van der Waals surface area (Å²) in [4.78, 5) is 38.3. The number of aromatic nitrogens is 2. The Morgan fingerprint density at radius 3 is 2.47 bits per heavy atom. The lowest BCUT2D eigenvalue weighted by molar-refractivity contribution is 0.0527. The number of nitrogens with zero attached hydrogens (tertiary/aromatic N) is 2. The van der Waals surface area contributed by atoms with Crippen LogP contribution in [0.15, 0.2) is 41.3 Å². The largest absolute Gasteiger partial charge is 0.462 e. The van der Waals surface area contributed by atoms with Crippen LogP contribution in [0.5, 0.6) is 0 Å². The number of carbonyl (C=O) groups excluding carboxylic acids is 2. The highest BCUT2D eigenvalue weighted by atomic mass is 32.1. The van der Waals surface area contributed by atoms with Crippen LogP contribution < -0.4 is 10.7 Å². The molecule has 0 saturated heterocycles. The minimum Gasteiger partial charge on any atom is -0.462 e. The van der Waals surface area contributed by atoms with E-state index in [-0.39, 0.29) is 12.3 Å². The quantitative estimate of drug-likeness (QED) is 0.605. The first-order chi connectivity index (χ1) is 14.3. The average molecular weight is 426 g/mol. The number of hydrogen-bond donors (Lipinski definition) is 1. The van der Waals surface area contributed by atoms with Gasteiger partial charge in [-0.05, 0) is 50.5 Å². The predicted molar refractivity (Wildman–Crippen MR) is 117 cm³/mol. The molecule has 1 amide bonds. The summed E-state index contributed by atoms with van der Waals surface area (Å²) in [6.07, 6.45) is 2.43. The standard InChI is InChI=1S/C22H23N3O4S/c1-5-15-7-9-16(10-8-15)25-12-11-17(26)19(24-25)20(27)23-21-18(22(28)29-6-2)13(3)14(4)30-21/h7-12H,5-6H2,1-4H3,(H,23,27). The van der Waals surface area contributed by atoms with Gasteiger partial charge in [0.25, 0.3) is 5.91 Å². The molecule has 0 fully saturated rings. The molecule has 0 aliphatic heterocycles. The second-order valence-electron chi connectivity index (χ2n) is 6.66. The summed E-state index contributed by atoms with van der Waals surface area (Å²) >= 11 is 1.26. The highest BCUT2D eigenvalue weighted by molar-refractivity contribution is 7.16. The third kappa shape index (κ3) is 4.33. The lowest BCUT2D eigenvalue weighted by atomic mass is 10.1. The number of rotatable bonds is 6. The fourth-order valence-electron chi connectivity index (χ4n) is 2.92. The fourth-order valence-corrected chi connectivity index (χ4v) is 3.96. The Bertz CT molecular complexity index is 1150. The molecule has 3 aromatic rings. The normalized spacial score (nSPS) is 10.7. The number of ether oxygens (including phenoxy) is 1. The van der Waals surface area contributed by atoms with Gasteiger partial charge in [0.1, 0.15) is 5.00 Å². The van der Waals surface area contributed by atoms with Gasteiger partial charge in [0.05, 0.1) is 17.9 Å². The summed E-state index contributed by atoms with van der Waals surface area (Å²) in [5.41, 5.74) is 2.19. The van der Waals surface area contributed by atoms with Gasteiger partial charge >= 0.3 is 5.97 Å². The molecule has 30 heavy (non-hydrogen) atoms. The molecule has 8 heteroatoms. The molecule has 2 heterocycles. The molecule has 1 aromatic carbocycles. The predicted octanol–water partition coefficient (Wildman–Crippen LogP) is 3.90. The first-order valence-corrected chi connectivity index (χ1v) is 10.4. The highest BCUT2D eigenvalue weighted by Gasteiger charge is 2.24. The SMILES string of the molecule is CCOC(=O)c1c(NC(=O)c2nn(-c3ccc(CC)cc3)ccc2=O)sc(C)c1C. The number of thiophene rings is 1. The van der Waals surface area contributed by atoms with Gasteiger partial charge in [-0.1, -0.05) is 19.1 Å². The Morgan fingerprint density at radius 1 is 1.13 bits per heavy atom. The zero-order valence-electron chi connectivity index (χ0n) is 17.3. The fraction of sp³-hybridized carbons (Fsp3) is 0.273. The smallest absolute Gasteiger partial charge is 0.341 e. The Balaban J connectivity index is 1.93. The van der Waals surface area contributed by atoms with Crippen LogP contribution in [-0.4, -0.2) is 28.3 Å². The van der Waals surface area contributed by atoms with Crippen molar-refractivity contribution >= 4 is 28.2 Å². The topological polar surface area (TPSA) is 90.3 Å². The second kappa shape index (κ2) is 9.04. The zero-order valence-corrected chi connectivity index (χ0v) is 18.1. The van der Waals surface area contributed by atoms with Crippen molar-refractivity contribution in [3.05, 3.63) is 74.0 Å². The van der Waals surface area contributed by atoms with Gasteiger partial charge in [-0.2, -0.15) is 5.10 Å². The van der Waals surface area contributed by atoms with Gasteiger partial charge in [0.2, 0.25) is 5.43 Å². The molecule has 0 bridgehead atoms. The van der Waals surface area contributed by atoms with Crippen molar-refractivity contribution < 1.29 is 14.3 Å². The lowest BCUT2D eigenvalue weighted by Gasteiger charge is -2.09. The van der Waals surface area contributed by atoms with E-state index in [1.165, 1.54) is 33.8 Å². The summed E-state index contributed by atoms with van der Waals surface area (Å²) in [7, 11) is 0. The number of benzene rings is 1. The molecule has 1 N–H and O–H groups in total. The van der Waals surface area contributed by atoms with Gasteiger partial charge in [-0.3, -0.25) is 9.59 Å². The molecule has 0 atom stereocenters. The van der Waals surface area contributed by atoms with Crippen LogP contribution in [0, 0.1) is 13.8 Å². The van der Waals surface area contributed by atoms with E-state index in [2.05, 4.69) is 17.3 Å². The van der Waals surface area contributed by atoms with Gasteiger partial charge in [0, 0.05) is 17.1 Å². The Labute approximate surface area is 178 Å². The number of anilines is 1. The van der Waals surface area contributed by atoms with E-state index in [1.807, 2.05) is 31.2 Å². The van der Waals surface area contributed by atoms with E-state index in [1.54, 1.807) is 13.8 Å². The molecule has 0 spiro atoms. The molecule has 0 aliphatic rings. The maximum Gasteiger partial charge on any atom is 0.341 e. The average Bonchev–Trinajstić information content (AvgIpc) is 3.01. The van der Waals surface area contributed by atoms with Crippen LogP contribution >= 0.6 is 11.3 Å². The van der Waals surface area contributed by atoms with Crippen molar-refractivity contribution in [2.75, 3.05) is 11.9 Å². The third-order valence-corrected chi connectivity index (χ3v) is 5.85. The van der Waals surface area contributed by atoms with Gasteiger partial charge in [-0.15, -0.1) is 11.3 Å². The molecule has 0 unspecified atom stereocenters. The lowest BCUT2D eigenvalue weighted by Crippen LogP contribution is -2.25. The van der Waals surface area contributed by atoms with E-state index in [4.69, 9.17) is 4.74 Å². The highest BCUT2D eigenvalue weighted by Crippen LogP contribution is 2.33. The van der Waals surface area contributed by atoms with Gasteiger partial charge < -0.3 is 10.1 Å². The second-order valence-corrected chi connectivity index (χ2v) is 7.88. The van der Waals surface area contributed by atoms with E-state index < -0.39 is 17.3 Å². The van der Waals surface area contributed by atoms with Gasteiger partial charge in [-0.25, -0.2) is 9.48 Å². The van der Waals surface area contributed by atoms with Crippen LogP contribution in [0.1, 0.15) is 50.7 Å². The van der Waals surface area contributed by atoms with Crippen LogP contribution in [0.2, 0.25) is 0 Å². The minimum absolute atomic E-state index is 0.225. The molecule has 2 aromatic heterocycles. The number of aryl methyl sites for hydroxylation is 2. The molecule has 156 valence electrons. The summed E-state index contributed by atoms with van der Waals surface area (Å²) < 4.78 is 6.58. The molecular weight excluding hydrogens is 402 g/mol. The van der Waals surface area contributed by atoms with Crippen molar-refractivity contribution in [1.29, 1.82) is 0 Å². The number of amides is 1. The van der Waals surface area contributed by atoms with Crippen LogP contribution in [0.4, 0.5) is 5.00 Å². The van der Waals surface area contributed by atoms with Crippen molar-refractivity contribution in [2.24, 2.45) is 0 Å². The number of esters is 1. The molecule has 0 aliphatic carbocycles. The first kappa shape index (κ1) is 21.4. The molecule has 0 radical (unpaired) electrons. The van der Waals surface area contributed by atoms with E-state index in [0.717, 1.165) is 22.5 Å². The summed E-state index contributed by atoms with van der Waals surface area (Å²) in [5.74, 6) is -1.18. The number of hydrogen-bond acceptors (Lipinski definition) is 6. The van der Waals surface area contributed by atoms with Crippen LogP contribution in [0.25, 0.3) is 5.69 Å². The van der Waals surface area contributed by atoms with Crippen molar-refractivity contribution in [1.82, 2.24) is 9.78 Å². The van der Waals surface area contributed by atoms with E-state index >= 15 is 0 Å². The molecular formula is C22H23N3O4S. The maximum atomic E-state index is 12.8. The van der Waals surface area contributed by atoms with Crippen molar-refractivity contribution in [2.45, 2.75) is 34.1 Å². The van der Waals surface area contributed by atoms with Crippen molar-refractivity contribution in [3.8, 4) is 5.69 Å². The van der Waals surface area contributed by atoms with Gasteiger partial charge in [0.15, 0.2) is 5.69 Å². The number of nitrogens with one attached hydrogen (secondary N) is 1. The molecule has 0 saturated carbocycles.